The summed E-state index contributed by atoms with van der Waals surface area (Å²) in [5.41, 5.74) is 2.36. The fourth-order valence-corrected chi connectivity index (χ4v) is 3.09. The number of aromatic amines is 2. The molecular weight excluding hydrogens is 270 g/mol. The van der Waals surface area contributed by atoms with E-state index in [9.17, 15) is 9.59 Å². The van der Waals surface area contributed by atoms with Crippen LogP contribution in [-0.4, -0.2) is 50.3 Å². The Bertz CT molecular complexity index is 868. The normalized spacial score (nSPS) is 16.6. The van der Waals surface area contributed by atoms with Crippen molar-refractivity contribution in [1.29, 1.82) is 0 Å². The fourth-order valence-electron chi connectivity index (χ4n) is 3.09. The molecule has 4 rings (SSSR count). The SMILES string of the molecule is O=CCCN1CC(n2c(=O)[nH]c3cnc4[nH]ccc4c32)C1. The molecule has 1 fully saturated rings. The molecule has 0 aliphatic carbocycles. The quantitative estimate of drug-likeness (QED) is 0.689. The van der Waals surface area contributed by atoms with Crippen LogP contribution in [0.2, 0.25) is 0 Å². The van der Waals surface area contributed by atoms with Gasteiger partial charge in [-0.05, 0) is 6.07 Å². The molecule has 0 spiro atoms. The van der Waals surface area contributed by atoms with Gasteiger partial charge in [0.05, 0.1) is 23.3 Å². The highest BCUT2D eigenvalue weighted by Crippen LogP contribution is 2.27. The number of carbonyl (C=O) groups is 1. The maximum Gasteiger partial charge on any atom is 0.326 e. The first-order valence-electron chi connectivity index (χ1n) is 7.00. The van der Waals surface area contributed by atoms with E-state index in [1.54, 1.807) is 6.20 Å². The van der Waals surface area contributed by atoms with Crippen LogP contribution in [0.3, 0.4) is 0 Å². The minimum Gasteiger partial charge on any atom is -0.346 e. The Morgan fingerprint density at radius 1 is 1.43 bits per heavy atom. The molecule has 0 radical (unpaired) electrons. The number of aldehydes is 1. The number of pyridine rings is 1. The van der Waals surface area contributed by atoms with Gasteiger partial charge in [-0.25, -0.2) is 9.78 Å². The highest BCUT2D eigenvalue weighted by Gasteiger charge is 2.30. The van der Waals surface area contributed by atoms with E-state index in [0.29, 0.717) is 6.42 Å². The minimum absolute atomic E-state index is 0.0967. The van der Waals surface area contributed by atoms with Crippen molar-refractivity contribution in [2.45, 2.75) is 12.5 Å². The monoisotopic (exact) mass is 285 g/mol. The molecule has 21 heavy (non-hydrogen) atoms. The Hall–Kier alpha value is -2.41. The molecule has 3 aromatic heterocycles. The van der Waals surface area contributed by atoms with Crippen LogP contribution < -0.4 is 5.69 Å². The molecule has 0 atom stereocenters. The van der Waals surface area contributed by atoms with Gasteiger partial charge in [-0.3, -0.25) is 9.47 Å². The Balaban J connectivity index is 1.75. The van der Waals surface area contributed by atoms with Gasteiger partial charge in [0, 0.05) is 37.6 Å². The van der Waals surface area contributed by atoms with Crippen LogP contribution in [0.5, 0.6) is 0 Å². The molecule has 1 saturated heterocycles. The third-order valence-corrected chi connectivity index (χ3v) is 4.13. The molecule has 0 bridgehead atoms. The van der Waals surface area contributed by atoms with Gasteiger partial charge in [0.2, 0.25) is 0 Å². The van der Waals surface area contributed by atoms with Crippen LogP contribution in [-0.2, 0) is 4.79 Å². The zero-order valence-corrected chi connectivity index (χ0v) is 11.4. The second-order valence-electron chi connectivity index (χ2n) is 5.43. The molecule has 2 N–H and O–H groups in total. The molecule has 0 saturated carbocycles. The first-order valence-corrected chi connectivity index (χ1v) is 7.00. The summed E-state index contributed by atoms with van der Waals surface area (Å²) in [6.07, 6.45) is 4.99. The molecule has 3 aromatic rings. The fraction of sp³-hybridized carbons (Fsp3) is 0.357. The average molecular weight is 285 g/mol. The Morgan fingerprint density at radius 3 is 3.10 bits per heavy atom. The number of carbonyl (C=O) groups excluding carboxylic acids is 1. The lowest BCUT2D eigenvalue weighted by Crippen LogP contribution is -2.50. The van der Waals surface area contributed by atoms with Crippen molar-refractivity contribution < 1.29 is 4.79 Å². The number of fused-ring (bicyclic) bond motifs is 3. The van der Waals surface area contributed by atoms with Crippen molar-refractivity contribution in [2.75, 3.05) is 19.6 Å². The molecule has 1 aliphatic rings. The van der Waals surface area contributed by atoms with Crippen LogP contribution in [0, 0.1) is 0 Å². The molecular formula is C14H15N5O2. The number of likely N-dealkylation sites (tertiary alicyclic amines) is 1. The Kier molecular flexibility index (Phi) is 2.68. The summed E-state index contributed by atoms with van der Waals surface area (Å²) in [4.78, 5) is 35.1. The van der Waals surface area contributed by atoms with Gasteiger partial charge in [0.15, 0.2) is 0 Å². The number of H-pyrrole nitrogens is 2. The topological polar surface area (TPSA) is 86.8 Å². The summed E-state index contributed by atoms with van der Waals surface area (Å²) in [5, 5.41) is 0.956. The maximum atomic E-state index is 12.3. The summed E-state index contributed by atoms with van der Waals surface area (Å²) in [6, 6.07) is 2.09. The number of rotatable bonds is 4. The lowest BCUT2D eigenvalue weighted by molar-refractivity contribution is -0.108. The summed E-state index contributed by atoms with van der Waals surface area (Å²) < 4.78 is 1.82. The molecule has 7 nitrogen and oxygen atoms in total. The minimum atomic E-state index is -0.0967. The molecule has 0 aromatic carbocycles. The number of hydrogen-bond donors (Lipinski definition) is 2. The number of aromatic nitrogens is 4. The average Bonchev–Trinajstić information content (AvgIpc) is 3.01. The van der Waals surface area contributed by atoms with Crippen LogP contribution in [0.4, 0.5) is 0 Å². The largest absolute Gasteiger partial charge is 0.346 e. The van der Waals surface area contributed by atoms with Crippen molar-refractivity contribution in [3.63, 3.8) is 0 Å². The van der Waals surface area contributed by atoms with Gasteiger partial charge in [0.25, 0.3) is 0 Å². The third kappa shape index (κ3) is 1.81. The van der Waals surface area contributed by atoms with Gasteiger partial charge in [0.1, 0.15) is 11.9 Å². The summed E-state index contributed by atoms with van der Waals surface area (Å²) >= 11 is 0. The van der Waals surface area contributed by atoms with Gasteiger partial charge in [-0.15, -0.1) is 0 Å². The number of hydrogen-bond acceptors (Lipinski definition) is 4. The second-order valence-corrected chi connectivity index (χ2v) is 5.43. The van der Waals surface area contributed by atoms with Crippen LogP contribution in [0.25, 0.3) is 22.1 Å². The summed E-state index contributed by atoms with van der Waals surface area (Å²) in [6.45, 7) is 2.36. The predicted octanol–water partition coefficient (Wildman–Crippen LogP) is 0.652. The molecule has 7 heteroatoms. The van der Waals surface area contributed by atoms with E-state index in [4.69, 9.17) is 0 Å². The van der Waals surface area contributed by atoms with E-state index in [-0.39, 0.29) is 11.7 Å². The van der Waals surface area contributed by atoms with Gasteiger partial charge in [-0.1, -0.05) is 0 Å². The van der Waals surface area contributed by atoms with Gasteiger partial charge in [-0.2, -0.15) is 0 Å². The van der Waals surface area contributed by atoms with E-state index >= 15 is 0 Å². The molecule has 108 valence electrons. The molecule has 4 heterocycles. The van der Waals surface area contributed by atoms with E-state index in [1.165, 1.54) is 0 Å². The van der Waals surface area contributed by atoms with E-state index in [2.05, 4.69) is 19.9 Å². The third-order valence-electron chi connectivity index (χ3n) is 4.13. The van der Waals surface area contributed by atoms with Crippen molar-refractivity contribution in [3.05, 3.63) is 28.9 Å². The Labute approximate surface area is 119 Å². The highest BCUT2D eigenvalue weighted by molar-refractivity contribution is 6.00. The van der Waals surface area contributed by atoms with E-state index < -0.39 is 0 Å². The van der Waals surface area contributed by atoms with E-state index in [1.807, 2.05) is 16.8 Å². The number of nitrogens with one attached hydrogen (secondary N) is 2. The van der Waals surface area contributed by atoms with Crippen molar-refractivity contribution in [3.8, 4) is 0 Å². The van der Waals surface area contributed by atoms with Crippen molar-refractivity contribution in [2.24, 2.45) is 0 Å². The zero-order chi connectivity index (χ0) is 14.4. The van der Waals surface area contributed by atoms with Crippen LogP contribution >= 0.6 is 0 Å². The second kappa shape index (κ2) is 4.56. The molecule has 0 amide bonds. The Morgan fingerprint density at radius 2 is 2.29 bits per heavy atom. The highest BCUT2D eigenvalue weighted by atomic mass is 16.1. The number of nitrogens with zero attached hydrogens (tertiary/aromatic N) is 3. The summed E-state index contributed by atoms with van der Waals surface area (Å²) in [5.74, 6) is 0. The van der Waals surface area contributed by atoms with Crippen LogP contribution in [0.15, 0.2) is 23.3 Å². The summed E-state index contributed by atoms with van der Waals surface area (Å²) in [7, 11) is 0. The van der Waals surface area contributed by atoms with Crippen LogP contribution in [0.1, 0.15) is 12.5 Å². The molecule has 0 unspecified atom stereocenters. The first kappa shape index (κ1) is 12.3. The predicted molar refractivity (Wildman–Crippen MR) is 78.4 cm³/mol. The number of imidazole rings is 1. The lowest BCUT2D eigenvalue weighted by Gasteiger charge is -2.39. The smallest absolute Gasteiger partial charge is 0.326 e. The standard InChI is InChI=1S/C14H15N5O2/c20-5-1-4-18-7-9(8-18)19-12-10-2-3-15-13(10)16-6-11(12)17-14(19)21/h2-3,5-6,9H,1,4,7-8H2,(H,15,16)(H,17,21). The van der Waals surface area contributed by atoms with Gasteiger partial charge < -0.3 is 14.8 Å². The zero-order valence-electron chi connectivity index (χ0n) is 11.4. The maximum absolute atomic E-state index is 12.3. The van der Waals surface area contributed by atoms with Crippen molar-refractivity contribution in [1.82, 2.24) is 24.4 Å². The van der Waals surface area contributed by atoms with Gasteiger partial charge >= 0.3 is 5.69 Å². The van der Waals surface area contributed by atoms with Crippen molar-refractivity contribution >= 4 is 28.4 Å². The molecule has 1 aliphatic heterocycles. The first-order chi connectivity index (χ1) is 10.3. The lowest BCUT2D eigenvalue weighted by atomic mass is 10.1. The van der Waals surface area contributed by atoms with E-state index in [0.717, 1.165) is 48.0 Å².